The zero-order chi connectivity index (χ0) is 15.9. The molecular weight excluding hydrogens is 284 g/mol. The fraction of sp³-hybridized carbons (Fsp3) is 0.438. The van der Waals surface area contributed by atoms with Crippen molar-refractivity contribution in [3.8, 4) is 0 Å². The third-order valence-electron chi connectivity index (χ3n) is 3.64. The zero-order valence-corrected chi connectivity index (χ0v) is 12.6. The molecule has 6 nitrogen and oxygen atoms in total. The minimum atomic E-state index is -0.643. The van der Waals surface area contributed by atoms with Crippen LogP contribution in [0.2, 0.25) is 0 Å². The Morgan fingerprint density at radius 1 is 1.27 bits per heavy atom. The van der Waals surface area contributed by atoms with Gasteiger partial charge in [-0.2, -0.15) is 0 Å². The molecule has 2 amide bonds. The standard InChI is InChI=1S/C16H20N2O4/c1-12(19)14-8-5-9-18(14)15(20)10-17-16(21)22-11-13-6-3-2-4-7-13/h2-4,6-7,14H,5,8-11H2,1H3,(H,17,21). The second kappa shape index (κ2) is 7.59. The summed E-state index contributed by atoms with van der Waals surface area (Å²) < 4.78 is 5.03. The van der Waals surface area contributed by atoms with Crippen molar-refractivity contribution in [3.63, 3.8) is 0 Å². The van der Waals surface area contributed by atoms with Crippen LogP contribution in [0.4, 0.5) is 4.79 Å². The normalized spacial score (nSPS) is 17.1. The molecule has 6 heteroatoms. The average Bonchev–Trinajstić information content (AvgIpc) is 3.01. The van der Waals surface area contributed by atoms with Gasteiger partial charge < -0.3 is 15.0 Å². The summed E-state index contributed by atoms with van der Waals surface area (Å²) in [6.45, 7) is 2.04. The maximum absolute atomic E-state index is 12.0. The van der Waals surface area contributed by atoms with Gasteiger partial charge in [-0.1, -0.05) is 30.3 Å². The van der Waals surface area contributed by atoms with E-state index in [1.807, 2.05) is 30.3 Å². The van der Waals surface area contributed by atoms with Crippen LogP contribution in [0.15, 0.2) is 30.3 Å². The molecule has 1 heterocycles. The number of alkyl carbamates (subject to hydrolysis) is 1. The Kier molecular flexibility index (Phi) is 5.52. The average molecular weight is 304 g/mol. The van der Waals surface area contributed by atoms with Crippen LogP contribution in [0, 0.1) is 0 Å². The van der Waals surface area contributed by atoms with Gasteiger partial charge in [0.1, 0.15) is 13.2 Å². The quantitative estimate of drug-likeness (QED) is 0.894. The Morgan fingerprint density at radius 2 is 2.00 bits per heavy atom. The van der Waals surface area contributed by atoms with Gasteiger partial charge in [0.25, 0.3) is 0 Å². The van der Waals surface area contributed by atoms with E-state index in [2.05, 4.69) is 5.32 Å². The summed E-state index contributed by atoms with van der Waals surface area (Å²) >= 11 is 0. The number of likely N-dealkylation sites (tertiary alicyclic amines) is 1. The highest BCUT2D eigenvalue weighted by Crippen LogP contribution is 2.17. The molecular formula is C16H20N2O4. The molecule has 1 aromatic carbocycles. The lowest BCUT2D eigenvalue weighted by Gasteiger charge is -2.22. The summed E-state index contributed by atoms with van der Waals surface area (Å²) in [6.07, 6.45) is 0.865. The highest BCUT2D eigenvalue weighted by molar-refractivity contribution is 5.89. The van der Waals surface area contributed by atoms with Gasteiger partial charge in [0.2, 0.25) is 5.91 Å². The van der Waals surface area contributed by atoms with E-state index >= 15 is 0 Å². The van der Waals surface area contributed by atoms with Crippen LogP contribution < -0.4 is 5.32 Å². The van der Waals surface area contributed by atoms with E-state index in [0.717, 1.165) is 12.0 Å². The summed E-state index contributed by atoms with van der Waals surface area (Å²) in [5.41, 5.74) is 0.875. The van der Waals surface area contributed by atoms with E-state index < -0.39 is 6.09 Å². The van der Waals surface area contributed by atoms with Gasteiger partial charge in [-0.15, -0.1) is 0 Å². The van der Waals surface area contributed by atoms with Crippen LogP contribution >= 0.6 is 0 Å². The minimum Gasteiger partial charge on any atom is -0.445 e. The number of nitrogens with zero attached hydrogens (tertiary/aromatic N) is 1. The molecule has 1 saturated heterocycles. The number of hydrogen-bond donors (Lipinski definition) is 1. The highest BCUT2D eigenvalue weighted by Gasteiger charge is 2.31. The van der Waals surface area contributed by atoms with Crippen molar-refractivity contribution in [1.29, 1.82) is 0 Å². The number of Topliss-reactive ketones (excluding diaryl/α,β-unsaturated/α-hetero) is 1. The summed E-state index contributed by atoms with van der Waals surface area (Å²) in [4.78, 5) is 36.6. The predicted molar refractivity (Wildman–Crippen MR) is 80.0 cm³/mol. The molecule has 1 fully saturated rings. The van der Waals surface area contributed by atoms with Crippen molar-refractivity contribution >= 4 is 17.8 Å². The molecule has 1 aromatic rings. The van der Waals surface area contributed by atoms with Crippen molar-refractivity contribution in [3.05, 3.63) is 35.9 Å². The summed E-state index contributed by atoms with van der Waals surface area (Å²) in [5.74, 6) is -0.271. The first-order valence-electron chi connectivity index (χ1n) is 7.32. The van der Waals surface area contributed by atoms with E-state index in [4.69, 9.17) is 4.74 Å². The first kappa shape index (κ1) is 16.0. The van der Waals surface area contributed by atoms with E-state index in [1.54, 1.807) is 0 Å². The number of ether oxygens (including phenoxy) is 1. The second-order valence-electron chi connectivity index (χ2n) is 5.27. The third kappa shape index (κ3) is 4.31. The van der Waals surface area contributed by atoms with Crippen molar-refractivity contribution < 1.29 is 19.1 Å². The van der Waals surface area contributed by atoms with Crippen LogP contribution in [0.25, 0.3) is 0 Å². The van der Waals surface area contributed by atoms with Gasteiger partial charge in [-0.25, -0.2) is 4.79 Å². The van der Waals surface area contributed by atoms with Crippen LogP contribution in [0.1, 0.15) is 25.3 Å². The number of carbonyl (C=O) groups excluding carboxylic acids is 3. The van der Waals surface area contributed by atoms with Crippen LogP contribution in [-0.4, -0.2) is 41.8 Å². The van der Waals surface area contributed by atoms with Gasteiger partial charge in [0, 0.05) is 6.54 Å². The molecule has 1 atom stereocenters. The first-order chi connectivity index (χ1) is 10.6. The Bertz CT molecular complexity index is 544. The van der Waals surface area contributed by atoms with Crippen LogP contribution in [0.3, 0.4) is 0 Å². The summed E-state index contributed by atoms with van der Waals surface area (Å²) in [5, 5.41) is 2.43. The molecule has 1 unspecified atom stereocenters. The number of ketones is 1. The number of benzene rings is 1. The minimum absolute atomic E-state index is 0.0162. The van der Waals surface area contributed by atoms with E-state index in [9.17, 15) is 14.4 Å². The van der Waals surface area contributed by atoms with E-state index in [0.29, 0.717) is 13.0 Å². The molecule has 0 bridgehead atoms. The van der Waals surface area contributed by atoms with Gasteiger partial charge in [0.15, 0.2) is 5.78 Å². The Balaban J connectivity index is 1.74. The number of nitrogens with one attached hydrogen (secondary N) is 1. The van der Waals surface area contributed by atoms with Crippen molar-refractivity contribution in [1.82, 2.24) is 10.2 Å². The number of hydrogen-bond acceptors (Lipinski definition) is 4. The summed E-state index contributed by atoms with van der Waals surface area (Å²) in [6, 6.07) is 8.93. The molecule has 0 spiro atoms. The lowest BCUT2D eigenvalue weighted by molar-refractivity contribution is -0.136. The molecule has 0 saturated carbocycles. The summed E-state index contributed by atoms with van der Waals surface area (Å²) in [7, 11) is 0. The van der Waals surface area contributed by atoms with E-state index in [-0.39, 0.29) is 30.9 Å². The van der Waals surface area contributed by atoms with Gasteiger partial charge in [-0.3, -0.25) is 9.59 Å². The zero-order valence-electron chi connectivity index (χ0n) is 12.6. The van der Waals surface area contributed by atoms with Gasteiger partial charge in [-0.05, 0) is 25.3 Å². The van der Waals surface area contributed by atoms with E-state index in [1.165, 1.54) is 11.8 Å². The van der Waals surface area contributed by atoms with Crippen molar-refractivity contribution in [2.24, 2.45) is 0 Å². The Hall–Kier alpha value is -2.37. The van der Waals surface area contributed by atoms with Crippen LogP contribution in [-0.2, 0) is 20.9 Å². The lowest BCUT2D eigenvalue weighted by Crippen LogP contribution is -2.45. The predicted octanol–water partition coefficient (Wildman–Crippen LogP) is 1.49. The van der Waals surface area contributed by atoms with Crippen LogP contribution in [0.5, 0.6) is 0 Å². The highest BCUT2D eigenvalue weighted by atomic mass is 16.5. The smallest absolute Gasteiger partial charge is 0.407 e. The third-order valence-corrected chi connectivity index (χ3v) is 3.64. The molecule has 22 heavy (non-hydrogen) atoms. The molecule has 1 N–H and O–H groups in total. The largest absolute Gasteiger partial charge is 0.445 e. The van der Waals surface area contributed by atoms with Gasteiger partial charge in [0.05, 0.1) is 6.04 Å². The number of amides is 2. The number of rotatable bonds is 5. The second-order valence-corrected chi connectivity index (χ2v) is 5.27. The maximum Gasteiger partial charge on any atom is 0.407 e. The SMILES string of the molecule is CC(=O)C1CCCN1C(=O)CNC(=O)OCc1ccccc1. The maximum atomic E-state index is 12.0. The molecule has 1 aliphatic rings. The monoisotopic (exact) mass is 304 g/mol. The first-order valence-corrected chi connectivity index (χ1v) is 7.32. The fourth-order valence-electron chi connectivity index (χ4n) is 2.51. The fourth-order valence-corrected chi connectivity index (χ4v) is 2.51. The molecule has 0 aromatic heterocycles. The molecule has 2 rings (SSSR count). The number of carbonyl (C=O) groups is 3. The topological polar surface area (TPSA) is 75.7 Å². The molecule has 0 radical (unpaired) electrons. The Labute approximate surface area is 129 Å². The van der Waals surface area contributed by atoms with Crippen molar-refractivity contribution in [2.45, 2.75) is 32.4 Å². The molecule has 1 aliphatic heterocycles. The van der Waals surface area contributed by atoms with Gasteiger partial charge >= 0.3 is 6.09 Å². The molecule has 0 aliphatic carbocycles. The Morgan fingerprint density at radius 3 is 2.68 bits per heavy atom. The van der Waals surface area contributed by atoms with Crippen molar-refractivity contribution in [2.75, 3.05) is 13.1 Å². The lowest BCUT2D eigenvalue weighted by atomic mass is 10.1. The molecule has 118 valence electrons.